The minimum absolute atomic E-state index is 0.0900. The molecule has 1 fully saturated rings. The number of benzene rings is 1. The van der Waals surface area contributed by atoms with E-state index >= 15 is 0 Å². The lowest BCUT2D eigenvalue weighted by atomic mass is 9.86. The van der Waals surface area contributed by atoms with Crippen LogP contribution in [0.3, 0.4) is 0 Å². The smallest absolute Gasteiger partial charge is 0.317 e. The Morgan fingerprint density at radius 3 is 2.70 bits per heavy atom. The number of nitrogens with zero attached hydrogens (tertiary/aromatic N) is 2. The fourth-order valence-electron chi connectivity index (χ4n) is 2.94. The van der Waals surface area contributed by atoms with E-state index in [-0.39, 0.29) is 30.8 Å². The number of carbonyl (C=O) groups is 1. The molecule has 23 heavy (non-hydrogen) atoms. The van der Waals surface area contributed by atoms with Crippen molar-refractivity contribution in [2.45, 2.75) is 38.3 Å². The minimum atomic E-state index is -0.490. The van der Waals surface area contributed by atoms with E-state index in [0.717, 1.165) is 25.7 Å². The molecule has 2 amide bonds. The molecule has 5 nitrogen and oxygen atoms in total. The van der Waals surface area contributed by atoms with Gasteiger partial charge in [0, 0.05) is 31.8 Å². The summed E-state index contributed by atoms with van der Waals surface area (Å²) in [5, 5.41) is 20.6. The largest absolute Gasteiger partial charge is 0.396 e. The Balaban J connectivity index is 1.86. The maximum atomic E-state index is 13.8. The molecule has 0 radical (unpaired) electrons. The van der Waals surface area contributed by atoms with Crippen molar-refractivity contribution < 1.29 is 14.3 Å². The van der Waals surface area contributed by atoms with Gasteiger partial charge in [0.05, 0.1) is 11.6 Å². The first-order valence-electron chi connectivity index (χ1n) is 7.85. The van der Waals surface area contributed by atoms with Gasteiger partial charge in [-0.25, -0.2) is 9.18 Å². The highest BCUT2D eigenvalue weighted by molar-refractivity contribution is 5.74. The first-order chi connectivity index (χ1) is 11.0. The van der Waals surface area contributed by atoms with Crippen LogP contribution >= 0.6 is 0 Å². The summed E-state index contributed by atoms with van der Waals surface area (Å²) in [5.41, 5.74) is 0.616. The van der Waals surface area contributed by atoms with Gasteiger partial charge in [-0.2, -0.15) is 5.26 Å². The molecule has 0 aliphatic heterocycles. The maximum Gasteiger partial charge on any atom is 0.317 e. The van der Waals surface area contributed by atoms with E-state index in [4.69, 9.17) is 10.4 Å². The van der Waals surface area contributed by atoms with Crippen LogP contribution in [0.1, 0.15) is 36.8 Å². The van der Waals surface area contributed by atoms with Gasteiger partial charge in [-0.05, 0) is 43.7 Å². The second-order valence-corrected chi connectivity index (χ2v) is 6.04. The lowest BCUT2D eigenvalue weighted by Crippen LogP contribution is -2.45. The monoisotopic (exact) mass is 319 g/mol. The van der Waals surface area contributed by atoms with Crippen molar-refractivity contribution in [2.24, 2.45) is 5.92 Å². The zero-order valence-electron chi connectivity index (χ0n) is 13.3. The van der Waals surface area contributed by atoms with Gasteiger partial charge in [0.1, 0.15) is 5.82 Å². The summed E-state index contributed by atoms with van der Waals surface area (Å²) in [6.07, 6.45) is 3.59. The van der Waals surface area contributed by atoms with Crippen LogP contribution in [0.15, 0.2) is 18.2 Å². The van der Waals surface area contributed by atoms with Crippen LogP contribution in [0.25, 0.3) is 0 Å². The molecular weight excluding hydrogens is 297 g/mol. The molecule has 0 spiro atoms. The molecule has 1 saturated carbocycles. The van der Waals surface area contributed by atoms with E-state index in [0.29, 0.717) is 11.5 Å². The highest BCUT2D eigenvalue weighted by Gasteiger charge is 2.26. The fraction of sp³-hybridized carbons (Fsp3) is 0.529. The molecule has 0 heterocycles. The topological polar surface area (TPSA) is 76.4 Å². The van der Waals surface area contributed by atoms with Crippen LogP contribution in [0.2, 0.25) is 0 Å². The Morgan fingerprint density at radius 2 is 2.13 bits per heavy atom. The lowest BCUT2D eigenvalue weighted by molar-refractivity contribution is 0.134. The molecule has 1 aliphatic rings. The number of hydrogen-bond donors (Lipinski definition) is 2. The van der Waals surface area contributed by atoms with Gasteiger partial charge in [-0.1, -0.05) is 6.07 Å². The normalized spacial score (nSPS) is 20.6. The molecule has 0 atom stereocenters. The first kappa shape index (κ1) is 17.2. The summed E-state index contributed by atoms with van der Waals surface area (Å²) in [7, 11) is 1.74. The van der Waals surface area contributed by atoms with Crippen LogP contribution in [0.5, 0.6) is 0 Å². The number of carbonyl (C=O) groups excluding carboxylic acids is 1. The van der Waals surface area contributed by atoms with Crippen molar-refractivity contribution in [1.82, 2.24) is 10.2 Å². The molecule has 124 valence electrons. The average molecular weight is 319 g/mol. The highest BCUT2D eigenvalue weighted by Crippen LogP contribution is 2.26. The van der Waals surface area contributed by atoms with E-state index < -0.39 is 5.82 Å². The highest BCUT2D eigenvalue weighted by atomic mass is 19.1. The van der Waals surface area contributed by atoms with Crippen LogP contribution in [0.4, 0.5) is 9.18 Å². The number of aliphatic hydroxyl groups is 1. The first-order valence-corrected chi connectivity index (χ1v) is 7.85. The molecule has 2 rings (SSSR count). The number of nitriles is 1. The predicted octanol–water partition coefficient (Wildman–Crippen LogP) is 2.39. The van der Waals surface area contributed by atoms with Gasteiger partial charge in [-0.15, -0.1) is 0 Å². The number of amides is 2. The van der Waals surface area contributed by atoms with Crippen LogP contribution in [-0.4, -0.2) is 35.7 Å². The molecule has 1 aromatic carbocycles. The second kappa shape index (κ2) is 7.93. The van der Waals surface area contributed by atoms with Crippen LogP contribution in [0, 0.1) is 23.1 Å². The average Bonchev–Trinajstić information content (AvgIpc) is 2.59. The van der Waals surface area contributed by atoms with Crippen molar-refractivity contribution in [3.8, 4) is 6.07 Å². The minimum Gasteiger partial charge on any atom is -0.396 e. The molecule has 2 N–H and O–H groups in total. The third-order valence-electron chi connectivity index (χ3n) is 4.55. The molecule has 0 bridgehead atoms. The number of hydrogen-bond acceptors (Lipinski definition) is 3. The molecule has 1 aliphatic carbocycles. The third kappa shape index (κ3) is 4.42. The summed E-state index contributed by atoms with van der Waals surface area (Å²) in [6, 6.07) is 6.01. The van der Waals surface area contributed by atoms with Crippen molar-refractivity contribution in [3.63, 3.8) is 0 Å². The predicted molar refractivity (Wildman–Crippen MR) is 83.9 cm³/mol. The number of aliphatic hydroxyl groups excluding tert-OH is 1. The van der Waals surface area contributed by atoms with Crippen molar-refractivity contribution in [1.29, 1.82) is 5.26 Å². The summed E-state index contributed by atoms with van der Waals surface area (Å²) in [5.74, 6) is -0.147. The van der Waals surface area contributed by atoms with Gasteiger partial charge in [0.25, 0.3) is 0 Å². The number of urea groups is 1. The lowest BCUT2D eigenvalue weighted by Gasteiger charge is -2.34. The summed E-state index contributed by atoms with van der Waals surface area (Å²) in [6.45, 7) is 0.299. The second-order valence-electron chi connectivity index (χ2n) is 6.04. The van der Waals surface area contributed by atoms with E-state index in [2.05, 4.69) is 5.32 Å². The van der Waals surface area contributed by atoms with Gasteiger partial charge >= 0.3 is 6.03 Å². The maximum absolute atomic E-state index is 13.8. The Morgan fingerprint density at radius 1 is 1.43 bits per heavy atom. The van der Waals surface area contributed by atoms with Gasteiger partial charge in [0.15, 0.2) is 0 Å². The Hall–Kier alpha value is -2.13. The SMILES string of the molecule is CN(C(=O)NCc1ccc(C#N)cc1F)C1CCC(CO)CC1. The van der Waals surface area contributed by atoms with E-state index in [9.17, 15) is 9.18 Å². The summed E-state index contributed by atoms with van der Waals surface area (Å²) in [4.78, 5) is 13.9. The molecule has 6 heteroatoms. The van der Waals surface area contributed by atoms with E-state index in [1.807, 2.05) is 6.07 Å². The van der Waals surface area contributed by atoms with Crippen molar-refractivity contribution in [2.75, 3.05) is 13.7 Å². The van der Waals surface area contributed by atoms with E-state index in [1.54, 1.807) is 11.9 Å². The molecular formula is C17H22FN3O2. The van der Waals surface area contributed by atoms with Crippen LogP contribution < -0.4 is 5.32 Å². The summed E-state index contributed by atoms with van der Waals surface area (Å²) < 4.78 is 13.8. The number of rotatable bonds is 4. The Labute approximate surface area is 135 Å². The zero-order valence-corrected chi connectivity index (χ0v) is 13.3. The third-order valence-corrected chi connectivity index (χ3v) is 4.55. The molecule has 0 unspecified atom stereocenters. The standard InChI is InChI=1S/C17H22FN3O2/c1-21(15-6-3-12(11-22)4-7-15)17(23)20-10-14-5-2-13(9-19)8-16(14)18/h2,5,8,12,15,22H,3-4,6-7,10-11H2,1H3,(H,20,23). The van der Waals surface area contributed by atoms with Crippen molar-refractivity contribution in [3.05, 3.63) is 35.1 Å². The van der Waals surface area contributed by atoms with Gasteiger partial charge in [0.2, 0.25) is 0 Å². The zero-order chi connectivity index (χ0) is 16.8. The van der Waals surface area contributed by atoms with Gasteiger partial charge < -0.3 is 15.3 Å². The molecule has 0 aromatic heterocycles. The molecule has 0 saturated heterocycles. The van der Waals surface area contributed by atoms with Crippen LogP contribution in [-0.2, 0) is 6.54 Å². The molecule has 1 aromatic rings. The Bertz CT molecular complexity index is 592. The number of nitrogens with one attached hydrogen (secondary N) is 1. The Kier molecular flexibility index (Phi) is 5.94. The van der Waals surface area contributed by atoms with E-state index in [1.165, 1.54) is 18.2 Å². The van der Waals surface area contributed by atoms with Crippen molar-refractivity contribution >= 4 is 6.03 Å². The quantitative estimate of drug-likeness (QED) is 0.894. The summed E-state index contributed by atoms with van der Waals surface area (Å²) >= 11 is 0. The number of halogens is 1. The fourth-order valence-corrected chi connectivity index (χ4v) is 2.94. The van der Waals surface area contributed by atoms with Gasteiger partial charge in [-0.3, -0.25) is 0 Å².